The predicted octanol–water partition coefficient (Wildman–Crippen LogP) is 2.57. The highest BCUT2D eigenvalue weighted by molar-refractivity contribution is 5.79. The zero-order valence-corrected chi connectivity index (χ0v) is 10.8. The number of rotatable bonds is 3. The molecule has 0 saturated heterocycles. The van der Waals surface area contributed by atoms with E-state index in [4.69, 9.17) is 17.0 Å². The van der Waals surface area contributed by atoms with Gasteiger partial charge in [0.2, 0.25) is 0 Å². The number of carbonyl (C=O) groups excluding carboxylic acids is 1. The van der Waals surface area contributed by atoms with Crippen molar-refractivity contribution in [3.05, 3.63) is 29.6 Å². The molecule has 0 aromatic heterocycles. The highest BCUT2D eigenvalue weighted by Gasteiger charge is 2.16. The molecule has 0 spiro atoms. The maximum atomic E-state index is 11.5. The Morgan fingerprint density at radius 3 is 2.67 bits per heavy atom. The number of hydrogen-bond acceptors (Lipinski definition) is 4. The van der Waals surface area contributed by atoms with Crippen LogP contribution in [0.25, 0.3) is 4.85 Å². The van der Waals surface area contributed by atoms with Crippen molar-refractivity contribution in [1.82, 2.24) is 0 Å². The average molecular weight is 247 g/mol. The molecule has 1 rings (SSSR count). The van der Waals surface area contributed by atoms with E-state index in [2.05, 4.69) is 10.2 Å². The number of carbonyl (C=O) groups is 1. The van der Waals surface area contributed by atoms with E-state index in [0.29, 0.717) is 17.1 Å². The summed E-state index contributed by atoms with van der Waals surface area (Å²) in [6.45, 7) is 12.3. The van der Waals surface area contributed by atoms with Gasteiger partial charge < -0.3 is 15.8 Å². The molecule has 0 amide bonds. The molecule has 0 atom stereocenters. The first-order chi connectivity index (χ1) is 8.31. The van der Waals surface area contributed by atoms with Crippen molar-refractivity contribution in [1.29, 1.82) is 0 Å². The van der Waals surface area contributed by atoms with Gasteiger partial charge in [-0.2, -0.15) is 0 Å². The minimum Gasteiger partial charge on any atom is -0.459 e. The van der Waals surface area contributed by atoms with Gasteiger partial charge >= 0.3 is 5.97 Å². The third kappa shape index (κ3) is 4.34. The van der Waals surface area contributed by atoms with Crippen LogP contribution < -0.4 is 11.1 Å². The monoisotopic (exact) mass is 247 g/mol. The van der Waals surface area contributed by atoms with Crippen molar-refractivity contribution >= 4 is 23.0 Å². The van der Waals surface area contributed by atoms with Crippen molar-refractivity contribution in [3.63, 3.8) is 0 Å². The van der Waals surface area contributed by atoms with Gasteiger partial charge in [0.05, 0.1) is 12.3 Å². The number of nitrogens with one attached hydrogen (secondary N) is 1. The Morgan fingerprint density at radius 1 is 1.50 bits per heavy atom. The summed E-state index contributed by atoms with van der Waals surface area (Å²) < 4.78 is 5.15. The quantitative estimate of drug-likeness (QED) is 0.489. The van der Waals surface area contributed by atoms with Crippen LogP contribution in [0.2, 0.25) is 0 Å². The number of nitrogens with two attached hydrogens (primary N) is 1. The molecular formula is C13H17N3O2. The first kappa shape index (κ1) is 13.8. The lowest BCUT2D eigenvalue weighted by Gasteiger charge is -2.20. The van der Waals surface area contributed by atoms with Gasteiger partial charge in [0, 0.05) is 5.69 Å². The lowest BCUT2D eigenvalue weighted by Crippen LogP contribution is -2.28. The molecule has 0 aliphatic carbocycles. The van der Waals surface area contributed by atoms with Crippen LogP contribution in [0.4, 0.5) is 17.1 Å². The third-order valence-corrected chi connectivity index (χ3v) is 2.01. The molecule has 0 aliphatic rings. The van der Waals surface area contributed by atoms with Crippen molar-refractivity contribution < 1.29 is 9.53 Å². The SMILES string of the molecule is [C-]#[N+]c1ccc(NCC(=O)OC(C)(C)C)c(N)c1. The van der Waals surface area contributed by atoms with E-state index >= 15 is 0 Å². The second-order valence-corrected chi connectivity index (χ2v) is 4.82. The molecule has 0 radical (unpaired) electrons. The van der Waals surface area contributed by atoms with Crippen molar-refractivity contribution in [2.24, 2.45) is 0 Å². The number of anilines is 2. The van der Waals surface area contributed by atoms with E-state index in [1.165, 1.54) is 0 Å². The Balaban J connectivity index is 2.59. The molecule has 1 aromatic rings. The summed E-state index contributed by atoms with van der Waals surface area (Å²) in [5.74, 6) is -0.351. The van der Waals surface area contributed by atoms with Gasteiger partial charge in [-0.05, 0) is 32.9 Å². The molecule has 0 aliphatic heterocycles. The van der Waals surface area contributed by atoms with Gasteiger partial charge in [-0.15, -0.1) is 0 Å². The van der Waals surface area contributed by atoms with E-state index < -0.39 is 5.60 Å². The number of nitrogen functional groups attached to an aromatic ring is 1. The van der Waals surface area contributed by atoms with Crippen LogP contribution in [0.1, 0.15) is 20.8 Å². The molecule has 0 bridgehead atoms. The van der Waals surface area contributed by atoms with E-state index in [1.54, 1.807) is 18.2 Å². The molecule has 0 unspecified atom stereocenters. The largest absolute Gasteiger partial charge is 0.459 e. The number of benzene rings is 1. The van der Waals surface area contributed by atoms with Crippen molar-refractivity contribution in [2.45, 2.75) is 26.4 Å². The highest BCUT2D eigenvalue weighted by Crippen LogP contribution is 2.24. The third-order valence-electron chi connectivity index (χ3n) is 2.01. The van der Waals surface area contributed by atoms with Crippen molar-refractivity contribution in [3.8, 4) is 0 Å². The van der Waals surface area contributed by atoms with Gasteiger partial charge in [0.25, 0.3) is 0 Å². The second kappa shape index (κ2) is 5.41. The molecular weight excluding hydrogens is 230 g/mol. The molecule has 3 N–H and O–H groups in total. The fourth-order valence-electron chi connectivity index (χ4n) is 1.33. The molecule has 0 saturated carbocycles. The van der Waals surface area contributed by atoms with Gasteiger partial charge in [0.1, 0.15) is 12.1 Å². The molecule has 0 fully saturated rings. The van der Waals surface area contributed by atoms with Gasteiger partial charge in [-0.1, -0.05) is 6.07 Å². The normalized spacial score (nSPS) is 10.6. The summed E-state index contributed by atoms with van der Waals surface area (Å²) in [7, 11) is 0. The van der Waals surface area contributed by atoms with Gasteiger partial charge in [0.15, 0.2) is 5.69 Å². The first-order valence-electron chi connectivity index (χ1n) is 5.54. The van der Waals surface area contributed by atoms with Crippen LogP contribution >= 0.6 is 0 Å². The van der Waals surface area contributed by atoms with Crippen LogP contribution in [-0.4, -0.2) is 18.1 Å². The number of ether oxygens (including phenoxy) is 1. The Kier molecular flexibility index (Phi) is 4.16. The lowest BCUT2D eigenvalue weighted by molar-refractivity contribution is -0.152. The molecule has 18 heavy (non-hydrogen) atoms. The maximum Gasteiger partial charge on any atom is 0.325 e. The first-order valence-corrected chi connectivity index (χ1v) is 5.54. The molecule has 5 heteroatoms. The lowest BCUT2D eigenvalue weighted by atomic mass is 10.2. The van der Waals surface area contributed by atoms with Gasteiger partial charge in [-0.25, -0.2) is 4.85 Å². The smallest absolute Gasteiger partial charge is 0.325 e. The fraction of sp³-hybridized carbons (Fsp3) is 0.385. The Labute approximate surface area is 107 Å². The summed E-state index contributed by atoms with van der Waals surface area (Å²) in [5.41, 5.74) is 6.77. The van der Waals surface area contributed by atoms with Crippen LogP contribution in [0.3, 0.4) is 0 Å². The van der Waals surface area contributed by atoms with E-state index in [-0.39, 0.29) is 12.5 Å². The summed E-state index contributed by atoms with van der Waals surface area (Å²) in [4.78, 5) is 14.8. The van der Waals surface area contributed by atoms with Crippen LogP contribution in [-0.2, 0) is 9.53 Å². The summed E-state index contributed by atoms with van der Waals surface area (Å²) in [6, 6.07) is 4.87. The van der Waals surface area contributed by atoms with Crippen LogP contribution in [0.5, 0.6) is 0 Å². The van der Waals surface area contributed by atoms with E-state index in [1.807, 2.05) is 20.8 Å². The summed E-state index contributed by atoms with van der Waals surface area (Å²) >= 11 is 0. The summed E-state index contributed by atoms with van der Waals surface area (Å²) in [6.07, 6.45) is 0. The van der Waals surface area contributed by atoms with Crippen LogP contribution in [0.15, 0.2) is 18.2 Å². The molecule has 1 aromatic carbocycles. The zero-order chi connectivity index (χ0) is 13.8. The predicted molar refractivity (Wildman–Crippen MR) is 71.5 cm³/mol. The van der Waals surface area contributed by atoms with E-state index in [9.17, 15) is 4.79 Å². The number of nitrogens with zero attached hydrogens (tertiary/aromatic N) is 1. The second-order valence-electron chi connectivity index (χ2n) is 4.82. The van der Waals surface area contributed by atoms with Crippen molar-refractivity contribution in [2.75, 3.05) is 17.6 Å². The van der Waals surface area contributed by atoms with Crippen LogP contribution in [0, 0.1) is 6.57 Å². The Hall–Kier alpha value is -2.22. The Morgan fingerprint density at radius 2 is 2.17 bits per heavy atom. The standard InChI is InChI=1S/C13H17N3O2/c1-13(2,3)18-12(17)8-16-11-6-5-9(15-4)7-10(11)14/h5-7,16H,8,14H2,1-3H3. The fourth-order valence-corrected chi connectivity index (χ4v) is 1.33. The topological polar surface area (TPSA) is 68.7 Å². The highest BCUT2D eigenvalue weighted by atomic mass is 16.6. The van der Waals surface area contributed by atoms with E-state index in [0.717, 1.165) is 0 Å². The molecule has 96 valence electrons. The van der Waals surface area contributed by atoms with Gasteiger partial charge in [-0.3, -0.25) is 4.79 Å². The Bertz CT molecular complexity index is 484. The zero-order valence-electron chi connectivity index (χ0n) is 10.8. The summed E-state index contributed by atoms with van der Waals surface area (Å²) in [5, 5.41) is 2.88. The molecule has 0 heterocycles. The average Bonchev–Trinajstić information content (AvgIpc) is 2.25. The minimum absolute atomic E-state index is 0.0405. The maximum absolute atomic E-state index is 11.5. The minimum atomic E-state index is -0.502. The number of esters is 1. The molecule has 5 nitrogen and oxygen atoms in total. The number of hydrogen-bond donors (Lipinski definition) is 2.